The van der Waals surface area contributed by atoms with E-state index >= 15 is 0 Å². The predicted octanol–water partition coefficient (Wildman–Crippen LogP) is 4.77. The summed E-state index contributed by atoms with van der Waals surface area (Å²) in [5.74, 6) is -2.09. The highest BCUT2D eigenvalue weighted by Gasteiger charge is 2.36. The Morgan fingerprint density at radius 3 is 2.30 bits per heavy atom. The van der Waals surface area contributed by atoms with E-state index in [-0.39, 0.29) is 43.3 Å². The Morgan fingerprint density at radius 1 is 1.00 bits per heavy atom. The maximum absolute atomic E-state index is 13.2. The lowest BCUT2D eigenvalue weighted by molar-refractivity contribution is -0.150. The molecule has 3 N–H and O–H groups in total. The van der Waals surface area contributed by atoms with E-state index < -0.39 is 37.6 Å². The number of aryl methyl sites for hydroxylation is 1. The Morgan fingerprint density at radius 2 is 1.66 bits per heavy atom. The first-order valence-electron chi connectivity index (χ1n) is 15.5. The number of nitrogens with one attached hydrogen (secondary N) is 1. The van der Waals surface area contributed by atoms with Crippen molar-refractivity contribution in [2.45, 2.75) is 77.3 Å². The monoisotopic (exact) mass is 627 g/mol. The number of carboxylic acids is 1. The molecule has 1 aliphatic rings. The van der Waals surface area contributed by atoms with Crippen LogP contribution in [0.15, 0.2) is 60.7 Å². The van der Waals surface area contributed by atoms with Crippen LogP contribution in [0.25, 0.3) is 0 Å². The number of amides is 3. The fourth-order valence-electron chi connectivity index (χ4n) is 5.54. The molecule has 0 aromatic heterocycles. The lowest BCUT2D eigenvalue weighted by Gasteiger charge is -2.32. The molecule has 0 saturated carbocycles. The van der Waals surface area contributed by atoms with Gasteiger partial charge < -0.3 is 25.1 Å². The maximum atomic E-state index is 13.2. The van der Waals surface area contributed by atoms with Gasteiger partial charge in [0.1, 0.15) is 12.1 Å². The second-order valence-corrected chi connectivity index (χ2v) is 14.3. The van der Waals surface area contributed by atoms with E-state index in [0.29, 0.717) is 44.2 Å². The van der Waals surface area contributed by atoms with Gasteiger partial charge in [-0.25, -0.2) is 4.79 Å². The smallest absolute Gasteiger partial charge is 0.326 e. The summed E-state index contributed by atoms with van der Waals surface area (Å²) in [6.45, 7) is 4.48. The fraction of sp³-hybridized carbons (Fsp3) is 0.515. The molecule has 0 spiro atoms. The molecular formula is C33H46N3O7P. The third kappa shape index (κ3) is 10.9. The first-order valence-corrected chi connectivity index (χ1v) is 17.5. The molecule has 44 heavy (non-hydrogen) atoms. The minimum absolute atomic E-state index is 0.0313. The van der Waals surface area contributed by atoms with Crippen LogP contribution in [0.5, 0.6) is 0 Å². The first-order chi connectivity index (χ1) is 21.0. The van der Waals surface area contributed by atoms with Gasteiger partial charge in [-0.2, -0.15) is 0 Å². The summed E-state index contributed by atoms with van der Waals surface area (Å²) >= 11 is 0. The van der Waals surface area contributed by atoms with Crippen molar-refractivity contribution in [2.24, 2.45) is 5.92 Å². The van der Waals surface area contributed by atoms with Gasteiger partial charge in [-0.15, -0.1) is 0 Å². The number of nitrogens with zero attached hydrogens (tertiary/aromatic N) is 2. The number of aliphatic carboxylic acids is 1. The highest BCUT2D eigenvalue weighted by molar-refractivity contribution is 7.57. The van der Waals surface area contributed by atoms with Crippen LogP contribution >= 0.6 is 7.37 Å². The van der Waals surface area contributed by atoms with E-state index in [4.69, 9.17) is 0 Å². The second-order valence-electron chi connectivity index (χ2n) is 11.9. The van der Waals surface area contributed by atoms with Gasteiger partial charge in [0.2, 0.25) is 19.2 Å². The molecule has 3 atom stereocenters. The third-order valence-corrected chi connectivity index (χ3v) is 9.58. The van der Waals surface area contributed by atoms with Gasteiger partial charge >= 0.3 is 5.97 Å². The predicted molar refractivity (Wildman–Crippen MR) is 169 cm³/mol. The van der Waals surface area contributed by atoms with E-state index in [0.717, 1.165) is 16.9 Å². The second kappa shape index (κ2) is 17.1. The number of hydrogen-bond donors (Lipinski definition) is 3. The average Bonchev–Trinajstić information content (AvgIpc) is 3.49. The molecular weight excluding hydrogens is 581 g/mol. The van der Waals surface area contributed by atoms with Gasteiger partial charge in [0.05, 0.1) is 6.29 Å². The summed E-state index contributed by atoms with van der Waals surface area (Å²) in [4.78, 5) is 64.6. The van der Waals surface area contributed by atoms with Crippen LogP contribution in [-0.4, -0.2) is 81.1 Å². The molecule has 240 valence electrons. The molecule has 1 fully saturated rings. The largest absolute Gasteiger partial charge is 0.480 e. The molecule has 1 aliphatic heterocycles. The number of carbonyl (C=O) groups is 4. The minimum Gasteiger partial charge on any atom is -0.480 e. The molecule has 1 unspecified atom stereocenters. The van der Waals surface area contributed by atoms with Crippen molar-refractivity contribution in [3.05, 3.63) is 71.8 Å². The van der Waals surface area contributed by atoms with Crippen molar-refractivity contribution < 1.29 is 33.7 Å². The number of unbranched alkanes of at least 4 members (excludes halogenated alkanes) is 1. The molecule has 0 aliphatic carbocycles. The van der Waals surface area contributed by atoms with E-state index in [1.807, 2.05) is 50.2 Å². The number of benzene rings is 2. The molecule has 3 amide bonds. The third-order valence-electron chi connectivity index (χ3n) is 7.82. The molecule has 0 bridgehead atoms. The van der Waals surface area contributed by atoms with Crippen LogP contribution in [0.1, 0.15) is 74.7 Å². The van der Waals surface area contributed by atoms with E-state index in [9.17, 15) is 33.7 Å². The van der Waals surface area contributed by atoms with Crippen LogP contribution in [0.2, 0.25) is 0 Å². The van der Waals surface area contributed by atoms with Crippen LogP contribution in [0, 0.1) is 5.92 Å². The summed E-state index contributed by atoms with van der Waals surface area (Å²) < 4.78 is 13.2. The van der Waals surface area contributed by atoms with Gasteiger partial charge in [0.25, 0.3) is 5.91 Å². The van der Waals surface area contributed by atoms with Gasteiger partial charge in [0.15, 0.2) is 0 Å². The Labute approximate surface area is 260 Å². The Bertz CT molecular complexity index is 1290. The summed E-state index contributed by atoms with van der Waals surface area (Å²) in [5, 5.41) is 12.8. The SMILES string of the molecule is CC(C)C[C@@H](C(=O)O)N(CP(=O)(O)CCCCNC(=O)[C@@H]1CCCN1C(=O)c1ccccc1)C(=O)CCCc1ccccc1. The quantitative estimate of drug-likeness (QED) is 0.169. The average molecular weight is 628 g/mol. The van der Waals surface area contributed by atoms with Gasteiger partial charge in [-0.1, -0.05) is 62.4 Å². The van der Waals surface area contributed by atoms with Crippen LogP contribution in [-0.2, 0) is 25.4 Å². The number of rotatable bonds is 17. The van der Waals surface area contributed by atoms with Crippen molar-refractivity contribution in [2.75, 3.05) is 25.5 Å². The first kappa shape index (κ1) is 35.0. The van der Waals surface area contributed by atoms with E-state index in [1.54, 1.807) is 29.2 Å². The van der Waals surface area contributed by atoms with Crippen molar-refractivity contribution in [3.63, 3.8) is 0 Å². The van der Waals surface area contributed by atoms with E-state index in [2.05, 4.69) is 5.32 Å². The number of hydrogen-bond acceptors (Lipinski definition) is 5. The van der Waals surface area contributed by atoms with Crippen molar-refractivity contribution in [3.8, 4) is 0 Å². The van der Waals surface area contributed by atoms with Crippen LogP contribution < -0.4 is 5.32 Å². The summed E-state index contributed by atoms with van der Waals surface area (Å²) in [6, 6.07) is 16.8. The van der Waals surface area contributed by atoms with Crippen LogP contribution in [0.3, 0.4) is 0 Å². The number of likely N-dealkylation sites (tertiary alicyclic amines) is 1. The van der Waals surface area contributed by atoms with Crippen molar-refractivity contribution in [1.29, 1.82) is 0 Å². The highest BCUT2D eigenvalue weighted by Crippen LogP contribution is 2.43. The normalized spacial score (nSPS) is 16.7. The molecule has 2 aromatic rings. The fourth-order valence-corrected chi connectivity index (χ4v) is 7.23. The molecule has 11 heteroatoms. The van der Waals surface area contributed by atoms with Gasteiger partial charge in [0, 0.05) is 31.2 Å². The standard InChI is InChI=1S/C33H46N3O7P/c1-25(2)23-29(33(40)41)36(30(37)19-11-15-26-13-5-3-6-14-26)24-44(42,43)22-10-9-20-34-31(38)28-18-12-21-35(28)32(39)27-16-7-4-8-17-27/h3-8,13-14,16-17,25,28-29H,9-12,15,18-24H2,1-2H3,(H,34,38)(H,40,41)(H,42,43)/t28-,29-/m0/s1. The Kier molecular flexibility index (Phi) is 13.6. The zero-order valence-corrected chi connectivity index (χ0v) is 26.7. The zero-order valence-electron chi connectivity index (χ0n) is 25.8. The summed E-state index contributed by atoms with van der Waals surface area (Å²) in [7, 11) is -3.90. The van der Waals surface area contributed by atoms with Crippen LogP contribution in [0.4, 0.5) is 0 Å². The lowest BCUT2D eigenvalue weighted by atomic mass is 10.0. The van der Waals surface area contributed by atoms with E-state index in [1.165, 1.54) is 0 Å². The molecule has 2 aromatic carbocycles. The molecule has 10 nitrogen and oxygen atoms in total. The Hall–Kier alpha value is -3.49. The maximum Gasteiger partial charge on any atom is 0.326 e. The summed E-state index contributed by atoms with van der Waals surface area (Å²) in [6.07, 6.45) is 2.82. The molecule has 3 rings (SSSR count). The van der Waals surface area contributed by atoms with Crippen molar-refractivity contribution in [1.82, 2.24) is 15.1 Å². The molecule has 0 radical (unpaired) electrons. The molecule has 1 saturated heterocycles. The minimum atomic E-state index is -3.90. The zero-order chi connectivity index (χ0) is 32.1. The summed E-state index contributed by atoms with van der Waals surface area (Å²) in [5.41, 5.74) is 1.60. The van der Waals surface area contributed by atoms with Gasteiger partial charge in [-0.3, -0.25) is 18.9 Å². The molecule has 1 heterocycles. The van der Waals surface area contributed by atoms with Crippen molar-refractivity contribution >= 4 is 31.1 Å². The van der Waals surface area contributed by atoms with Gasteiger partial charge in [-0.05, 0) is 68.6 Å². The lowest BCUT2D eigenvalue weighted by Crippen LogP contribution is -2.46. The Balaban J connectivity index is 1.51. The number of carbonyl (C=O) groups excluding carboxylic acids is 3. The highest BCUT2D eigenvalue weighted by atomic mass is 31.2. The number of carboxylic acid groups (broad SMARTS) is 1. The topological polar surface area (TPSA) is 144 Å².